The molecular formula is C13H16N6O2S2. The first-order valence-electron chi connectivity index (χ1n) is 6.96. The normalized spacial score (nSPS) is 11.9. The molecule has 3 aromatic rings. The second-order valence-corrected chi connectivity index (χ2v) is 7.58. The summed E-state index contributed by atoms with van der Waals surface area (Å²) in [6.45, 7) is 0.998. The molecular weight excluding hydrogens is 336 g/mol. The number of hydrogen-bond acceptors (Lipinski definition) is 7. The molecule has 10 heteroatoms. The summed E-state index contributed by atoms with van der Waals surface area (Å²) in [5.41, 5.74) is 1.65. The van der Waals surface area contributed by atoms with Gasteiger partial charge in [-0.05, 0) is 30.0 Å². The molecule has 23 heavy (non-hydrogen) atoms. The van der Waals surface area contributed by atoms with E-state index < -0.39 is 10.0 Å². The van der Waals surface area contributed by atoms with Crippen LogP contribution in [0.4, 0.5) is 5.82 Å². The molecule has 0 bridgehead atoms. The van der Waals surface area contributed by atoms with Gasteiger partial charge in [0.15, 0.2) is 11.5 Å². The zero-order valence-electron chi connectivity index (χ0n) is 12.4. The number of sulfonamides is 1. The first-order chi connectivity index (χ1) is 11.0. The van der Waals surface area contributed by atoms with E-state index in [1.165, 1.54) is 0 Å². The van der Waals surface area contributed by atoms with Crippen molar-refractivity contribution in [1.82, 2.24) is 24.5 Å². The molecule has 0 saturated heterocycles. The minimum absolute atomic E-state index is 0.390. The molecule has 0 aliphatic carbocycles. The van der Waals surface area contributed by atoms with Crippen LogP contribution in [0.2, 0.25) is 0 Å². The highest BCUT2D eigenvalue weighted by Crippen LogP contribution is 2.20. The standard InChI is InChI=1S/C13H16N6O2S2/c1-23(20,21)15-7-2-6-14-11-3-4-12-16-17-13(19(12)18-11)10-5-8-22-9-10/h3-5,8-9,15H,2,6-7H2,1H3,(H,14,18). The van der Waals surface area contributed by atoms with Crippen molar-refractivity contribution in [3.8, 4) is 11.4 Å². The van der Waals surface area contributed by atoms with E-state index in [1.54, 1.807) is 15.9 Å². The summed E-state index contributed by atoms with van der Waals surface area (Å²) in [6.07, 6.45) is 1.81. The number of hydrogen-bond donors (Lipinski definition) is 2. The quantitative estimate of drug-likeness (QED) is 0.620. The summed E-state index contributed by atoms with van der Waals surface area (Å²) >= 11 is 1.59. The maximum Gasteiger partial charge on any atom is 0.208 e. The SMILES string of the molecule is CS(=O)(=O)NCCCNc1ccc2nnc(-c3ccsc3)n2n1. The minimum Gasteiger partial charge on any atom is -0.369 e. The van der Waals surface area contributed by atoms with Gasteiger partial charge in [0.25, 0.3) is 0 Å². The van der Waals surface area contributed by atoms with Gasteiger partial charge < -0.3 is 5.32 Å². The van der Waals surface area contributed by atoms with Gasteiger partial charge in [-0.2, -0.15) is 15.9 Å². The second-order valence-electron chi connectivity index (χ2n) is 4.97. The summed E-state index contributed by atoms with van der Waals surface area (Å²) in [5.74, 6) is 1.39. The highest BCUT2D eigenvalue weighted by atomic mass is 32.2. The van der Waals surface area contributed by atoms with Crippen LogP contribution in [0.25, 0.3) is 17.0 Å². The van der Waals surface area contributed by atoms with Crippen LogP contribution in [0, 0.1) is 0 Å². The lowest BCUT2D eigenvalue weighted by atomic mass is 10.3. The van der Waals surface area contributed by atoms with Crippen molar-refractivity contribution >= 4 is 32.8 Å². The molecule has 8 nitrogen and oxygen atoms in total. The van der Waals surface area contributed by atoms with Gasteiger partial charge in [-0.1, -0.05) is 0 Å². The Kier molecular flexibility index (Phi) is 4.55. The number of rotatable bonds is 7. The fourth-order valence-electron chi connectivity index (χ4n) is 2.02. The number of nitrogens with zero attached hydrogens (tertiary/aromatic N) is 4. The Labute approximate surface area is 137 Å². The molecule has 0 aliphatic rings. The van der Waals surface area contributed by atoms with Crippen molar-refractivity contribution in [3.05, 3.63) is 29.0 Å². The van der Waals surface area contributed by atoms with Crippen LogP contribution in [-0.4, -0.2) is 47.6 Å². The topological polar surface area (TPSA) is 101 Å². The first kappa shape index (κ1) is 15.8. The molecule has 0 fully saturated rings. The third-order valence-corrected chi connectivity index (χ3v) is 4.48. The van der Waals surface area contributed by atoms with Crippen molar-refractivity contribution in [2.75, 3.05) is 24.7 Å². The summed E-state index contributed by atoms with van der Waals surface area (Å²) in [4.78, 5) is 0. The second kappa shape index (κ2) is 6.60. The van der Waals surface area contributed by atoms with Gasteiger partial charge in [-0.15, -0.1) is 15.3 Å². The summed E-state index contributed by atoms with van der Waals surface area (Å²) in [5, 5.41) is 19.9. The van der Waals surface area contributed by atoms with Gasteiger partial charge in [0.05, 0.1) is 6.26 Å². The van der Waals surface area contributed by atoms with Crippen molar-refractivity contribution in [2.45, 2.75) is 6.42 Å². The molecule has 2 N–H and O–H groups in total. The summed E-state index contributed by atoms with van der Waals surface area (Å²) < 4.78 is 26.1. The minimum atomic E-state index is -3.13. The molecule has 3 rings (SSSR count). The van der Waals surface area contributed by atoms with E-state index in [4.69, 9.17) is 0 Å². The predicted octanol–water partition coefficient (Wildman–Crippen LogP) is 1.20. The molecule has 122 valence electrons. The lowest BCUT2D eigenvalue weighted by molar-refractivity contribution is 0.586. The fourth-order valence-corrected chi connectivity index (χ4v) is 3.17. The molecule has 0 aromatic carbocycles. The monoisotopic (exact) mass is 352 g/mol. The van der Waals surface area contributed by atoms with Gasteiger partial charge in [-0.25, -0.2) is 13.1 Å². The van der Waals surface area contributed by atoms with Crippen LogP contribution >= 0.6 is 11.3 Å². The zero-order valence-corrected chi connectivity index (χ0v) is 14.1. The Morgan fingerprint density at radius 1 is 1.22 bits per heavy atom. The Hall–Kier alpha value is -2.04. The van der Waals surface area contributed by atoms with E-state index in [0.717, 1.165) is 11.8 Å². The first-order valence-corrected chi connectivity index (χ1v) is 9.80. The predicted molar refractivity (Wildman–Crippen MR) is 90.0 cm³/mol. The van der Waals surface area contributed by atoms with Crippen molar-refractivity contribution in [1.29, 1.82) is 0 Å². The highest BCUT2D eigenvalue weighted by molar-refractivity contribution is 7.88. The number of fused-ring (bicyclic) bond motifs is 1. The van der Waals surface area contributed by atoms with Crippen LogP contribution in [0.5, 0.6) is 0 Å². The summed E-state index contributed by atoms with van der Waals surface area (Å²) in [7, 11) is -3.13. The Morgan fingerprint density at radius 3 is 2.83 bits per heavy atom. The van der Waals surface area contributed by atoms with Gasteiger partial charge in [0, 0.05) is 24.0 Å². The molecule has 0 saturated carbocycles. The van der Waals surface area contributed by atoms with E-state index in [9.17, 15) is 8.42 Å². The largest absolute Gasteiger partial charge is 0.369 e. The van der Waals surface area contributed by atoms with Gasteiger partial charge in [0.1, 0.15) is 5.82 Å². The molecule has 0 amide bonds. The highest BCUT2D eigenvalue weighted by Gasteiger charge is 2.10. The molecule has 3 aromatic heterocycles. The van der Waals surface area contributed by atoms with Crippen LogP contribution in [0.3, 0.4) is 0 Å². The van der Waals surface area contributed by atoms with Crippen molar-refractivity contribution in [3.63, 3.8) is 0 Å². The third kappa shape index (κ3) is 4.03. The Balaban J connectivity index is 1.67. The maximum atomic E-state index is 11.0. The molecule has 0 spiro atoms. The zero-order chi connectivity index (χ0) is 16.3. The van der Waals surface area contributed by atoms with E-state index in [2.05, 4.69) is 25.3 Å². The summed E-state index contributed by atoms with van der Waals surface area (Å²) in [6, 6.07) is 5.64. The van der Waals surface area contributed by atoms with E-state index >= 15 is 0 Å². The van der Waals surface area contributed by atoms with Crippen LogP contribution in [0.1, 0.15) is 6.42 Å². The van der Waals surface area contributed by atoms with Crippen LogP contribution < -0.4 is 10.0 Å². The van der Waals surface area contributed by atoms with Crippen LogP contribution in [-0.2, 0) is 10.0 Å². The fraction of sp³-hybridized carbons (Fsp3) is 0.308. The average molecular weight is 352 g/mol. The Bertz CT molecular complexity index is 888. The number of aromatic nitrogens is 4. The van der Waals surface area contributed by atoms with Crippen LogP contribution in [0.15, 0.2) is 29.0 Å². The van der Waals surface area contributed by atoms with E-state index in [1.807, 2.05) is 29.0 Å². The number of nitrogens with one attached hydrogen (secondary N) is 2. The third-order valence-electron chi connectivity index (χ3n) is 3.07. The van der Waals surface area contributed by atoms with Crippen molar-refractivity contribution < 1.29 is 8.42 Å². The smallest absolute Gasteiger partial charge is 0.208 e. The maximum absolute atomic E-state index is 11.0. The number of thiophene rings is 1. The van der Waals surface area contributed by atoms with Crippen molar-refractivity contribution in [2.24, 2.45) is 0 Å². The van der Waals surface area contributed by atoms with Gasteiger partial charge >= 0.3 is 0 Å². The molecule has 0 unspecified atom stereocenters. The lowest BCUT2D eigenvalue weighted by Gasteiger charge is -2.06. The molecule has 0 aliphatic heterocycles. The lowest BCUT2D eigenvalue weighted by Crippen LogP contribution is -2.24. The number of anilines is 1. The average Bonchev–Trinajstić information content (AvgIpc) is 3.14. The van der Waals surface area contributed by atoms with E-state index in [0.29, 0.717) is 36.8 Å². The Morgan fingerprint density at radius 2 is 2.09 bits per heavy atom. The molecule has 0 radical (unpaired) electrons. The molecule has 0 atom stereocenters. The van der Waals surface area contributed by atoms with E-state index in [-0.39, 0.29) is 0 Å². The molecule has 3 heterocycles. The van der Waals surface area contributed by atoms with Gasteiger partial charge in [0.2, 0.25) is 10.0 Å². The van der Waals surface area contributed by atoms with Gasteiger partial charge in [-0.3, -0.25) is 0 Å².